The second kappa shape index (κ2) is 17.7. The van der Waals surface area contributed by atoms with Crippen LogP contribution in [0.4, 0.5) is 4.39 Å². The summed E-state index contributed by atoms with van der Waals surface area (Å²) in [7, 11) is -5.91. The highest BCUT2D eigenvalue weighted by atomic mass is 31.1. The first-order valence-electron chi connectivity index (χ1n) is 18.5. The van der Waals surface area contributed by atoms with Gasteiger partial charge in [-0.15, -0.1) is 0 Å². The first-order valence-corrected chi connectivity index (χ1v) is 21.9. The van der Waals surface area contributed by atoms with Gasteiger partial charge in [-0.3, -0.25) is 9.36 Å². The zero-order valence-electron chi connectivity index (χ0n) is 32.2. The van der Waals surface area contributed by atoms with Crippen LogP contribution in [0.2, 0.25) is 5.04 Å². The van der Waals surface area contributed by atoms with Gasteiger partial charge in [0.05, 0.1) is 23.8 Å². The van der Waals surface area contributed by atoms with E-state index in [1.807, 2.05) is 78.9 Å². The number of hydrogen-bond acceptors (Lipinski definition) is 4. The highest BCUT2D eigenvalue weighted by Crippen LogP contribution is 2.44. The average Bonchev–Trinajstić information content (AvgIpc) is 3.49. The molecule has 0 amide bonds. The zero-order valence-corrected chi connectivity index (χ0v) is 34.2. The third-order valence-corrected chi connectivity index (χ3v) is 15.9. The lowest BCUT2D eigenvalue weighted by molar-refractivity contribution is -0.138. The van der Waals surface area contributed by atoms with E-state index >= 15 is 0 Å². The molecule has 0 bridgehead atoms. The SMILES string of the molecule is CC(C)c1c(C#CCO[PH](=O)CC(CC(=O)O)O[Si](c2ccccc2)(c2ccccc2)C(C)(C)C)c(-c2ccc(F)cc2)c(-c2ccccc2)n1C(C)C. The molecule has 9 heteroatoms. The first kappa shape index (κ1) is 40.7. The summed E-state index contributed by atoms with van der Waals surface area (Å²) >= 11 is 0. The fraction of sp³-hybridized carbons (Fsp3) is 0.311. The Morgan fingerprint density at radius 3 is 1.85 bits per heavy atom. The van der Waals surface area contributed by atoms with Gasteiger partial charge >= 0.3 is 5.97 Å². The van der Waals surface area contributed by atoms with Crippen LogP contribution in [0.5, 0.6) is 0 Å². The van der Waals surface area contributed by atoms with E-state index in [4.69, 9.17) is 8.95 Å². The van der Waals surface area contributed by atoms with Gasteiger partial charge in [0.15, 0.2) is 8.03 Å². The number of hydrogen-bond donors (Lipinski definition) is 1. The summed E-state index contributed by atoms with van der Waals surface area (Å²) in [6.45, 7) is 14.8. The molecule has 2 unspecified atom stereocenters. The molecule has 0 radical (unpaired) electrons. The van der Waals surface area contributed by atoms with E-state index in [0.29, 0.717) is 0 Å². The summed E-state index contributed by atoms with van der Waals surface area (Å²) in [6.07, 6.45) is -1.25. The summed E-state index contributed by atoms with van der Waals surface area (Å²) in [6, 6.07) is 36.6. The van der Waals surface area contributed by atoms with E-state index in [1.54, 1.807) is 12.1 Å². The van der Waals surface area contributed by atoms with Crippen molar-refractivity contribution in [3.05, 3.63) is 132 Å². The van der Waals surface area contributed by atoms with Crippen LogP contribution in [0.25, 0.3) is 22.4 Å². The number of rotatable bonds is 14. The topological polar surface area (TPSA) is 77.8 Å². The van der Waals surface area contributed by atoms with Crippen molar-refractivity contribution in [1.29, 1.82) is 0 Å². The lowest BCUT2D eigenvalue weighted by Crippen LogP contribution is -2.68. The van der Waals surface area contributed by atoms with Crippen molar-refractivity contribution < 1.29 is 27.8 Å². The fourth-order valence-corrected chi connectivity index (χ4v) is 13.2. The lowest BCUT2D eigenvalue weighted by Gasteiger charge is -2.45. The normalized spacial score (nSPS) is 13.1. The van der Waals surface area contributed by atoms with Gasteiger partial charge in [-0.05, 0) is 58.4 Å². The molecule has 54 heavy (non-hydrogen) atoms. The van der Waals surface area contributed by atoms with E-state index in [-0.39, 0.29) is 37.0 Å². The number of benzene rings is 4. The van der Waals surface area contributed by atoms with Crippen LogP contribution in [0.3, 0.4) is 0 Å². The van der Waals surface area contributed by atoms with Crippen LogP contribution in [0, 0.1) is 17.7 Å². The van der Waals surface area contributed by atoms with Crippen molar-refractivity contribution in [2.75, 3.05) is 12.8 Å². The third kappa shape index (κ3) is 9.05. The maximum absolute atomic E-state index is 14.2. The average molecular weight is 764 g/mol. The Balaban J connectivity index is 1.49. The summed E-state index contributed by atoms with van der Waals surface area (Å²) in [5, 5.41) is 11.6. The molecule has 0 aliphatic heterocycles. The smallest absolute Gasteiger partial charge is 0.305 e. The molecule has 4 aromatic carbocycles. The van der Waals surface area contributed by atoms with Gasteiger partial charge in [0.1, 0.15) is 12.4 Å². The highest BCUT2D eigenvalue weighted by Gasteiger charge is 2.51. The predicted molar refractivity (Wildman–Crippen MR) is 221 cm³/mol. The summed E-state index contributed by atoms with van der Waals surface area (Å²) in [5.74, 6) is 5.25. The Kier molecular flexibility index (Phi) is 13.4. The molecule has 5 rings (SSSR count). The molecule has 1 aromatic heterocycles. The Morgan fingerprint density at radius 1 is 0.833 bits per heavy atom. The van der Waals surface area contributed by atoms with Crippen LogP contribution in [0.1, 0.15) is 78.1 Å². The standard InChI is InChI=1S/C45H51FNO5PSi/c1-32(2)43-40(42(34-25-27-36(46)28-26-34)44(47(43)33(3)4)35-18-11-8-12-19-35)24-17-29-51-53(50)31-37(30-41(48)49)52-54(45(5,6)7,38-20-13-9-14-21-38)39-22-15-10-16-23-39/h8-16,18-23,25-28,32-33,37,53H,29-31H2,1-7H3,(H,48,49). The molecular formula is C45H51FNO5PSi. The van der Waals surface area contributed by atoms with Gasteiger partial charge in [-0.1, -0.05) is 150 Å². The first-order chi connectivity index (χ1) is 25.7. The van der Waals surface area contributed by atoms with E-state index in [0.717, 1.165) is 44.0 Å². The summed E-state index contributed by atoms with van der Waals surface area (Å²) in [5.41, 5.74) is 5.62. The number of carbonyl (C=O) groups is 1. The van der Waals surface area contributed by atoms with E-state index in [2.05, 4.69) is 77.0 Å². The van der Waals surface area contributed by atoms with Crippen LogP contribution in [-0.2, 0) is 18.3 Å². The summed E-state index contributed by atoms with van der Waals surface area (Å²) < 4.78 is 43.1. The maximum Gasteiger partial charge on any atom is 0.305 e. The van der Waals surface area contributed by atoms with E-state index in [1.165, 1.54) is 12.1 Å². The van der Waals surface area contributed by atoms with Gasteiger partial charge in [-0.2, -0.15) is 0 Å². The predicted octanol–water partition coefficient (Wildman–Crippen LogP) is 9.93. The second-order valence-corrected chi connectivity index (χ2v) is 20.8. The Labute approximate surface area is 321 Å². The molecule has 0 aliphatic carbocycles. The molecule has 1 heterocycles. The monoisotopic (exact) mass is 763 g/mol. The van der Waals surface area contributed by atoms with Crippen molar-refractivity contribution in [2.45, 2.75) is 78.0 Å². The molecular weight excluding hydrogens is 713 g/mol. The van der Waals surface area contributed by atoms with Crippen LogP contribution in [-0.4, -0.2) is 42.8 Å². The van der Waals surface area contributed by atoms with E-state index < -0.39 is 33.5 Å². The van der Waals surface area contributed by atoms with Crippen LogP contribution < -0.4 is 10.4 Å². The number of carboxylic acids is 1. The van der Waals surface area contributed by atoms with Gasteiger partial charge in [0, 0.05) is 23.5 Å². The van der Waals surface area contributed by atoms with Gasteiger partial charge < -0.3 is 18.6 Å². The maximum atomic E-state index is 14.2. The Bertz CT molecular complexity index is 2060. The molecule has 0 fully saturated rings. The van der Waals surface area contributed by atoms with Crippen LogP contribution in [0.15, 0.2) is 115 Å². The lowest BCUT2D eigenvalue weighted by atomic mass is 9.95. The molecule has 5 aromatic rings. The van der Waals surface area contributed by atoms with Crippen molar-refractivity contribution in [1.82, 2.24) is 4.57 Å². The summed E-state index contributed by atoms with van der Waals surface area (Å²) in [4.78, 5) is 12.2. The molecule has 6 nitrogen and oxygen atoms in total. The van der Waals surface area contributed by atoms with Crippen LogP contribution >= 0.6 is 8.03 Å². The number of aromatic nitrogens is 1. The molecule has 2 atom stereocenters. The largest absolute Gasteiger partial charge is 0.481 e. The number of carboxylic acid groups (broad SMARTS) is 1. The quantitative estimate of drug-likeness (QED) is 0.0693. The second-order valence-electron chi connectivity index (χ2n) is 15.1. The molecule has 0 saturated heterocycles. The molecule has 0 spiro atoms. The van der Waals surface area contributed by atoms with Gasteiger partial charge in [0.2, 0.25) is 0 Å². The Morgan fingerprint density at radius 2 is 1.37 bits per heavy atom. The molecule has 1 N–H and O–H groups in total. The Hall–Kier alpha value is -4.51. The molecule has 0 aliphatic rings. The number of nitrogens with zero attached hydrogens (tertiary/aromatic N) is 1. The van der Waals surface area contributed by atoms with Crippen molar-refractivity contribution in [3.63, 3.8) is 0 Å². The van der Waals surface area contributed by atoms with Gasteiger partial charge in [0.25, 0.3) is 8.32 Å². The molecule has 0 saturated carbocycles. The van der Waals surface area contributed by atoms with E-state index in [9.17, 15) is 18.9 Å². The van der Waals surface area contributed by atoms with Crippen molar-refractivity contribution in [2.24, 2.45) is 0 Å². The molecule has 282 valence electrons. The van der Waals surface area contributed by atoms with Gasteiger partial charge in [-0.25, -0.2) is 4.39 Å². The minimum Gasteiger partial charge on any atom is -0.481 e. The number of aliphatic carboxylic acids is 1. The third-order valence-electron chi connectivity index (χ3n) is 9.56. The zero-order chi connectivity index (χ0) is 39.0. The fourth-order valence-electron chi connectivity index (χ4n) is 7.39. The minimum atomic E-state index is -3.12. The van der Waals surface area contributed by atoms with Crippen molar-refractivity contribution >= 4 is 32.7 Å². The minimum absolute atomic E-state index is 0.0664. The van der Waals surface area contributed by atoms with Crippen molar-refractivity contribution in [3.8, 4) is 34.2 Å². The highest BCUT2D eigenvalue weighted by molar-refractivity contribution is 7.39. The number of halogens is 1.